The largest absolute Gasteiger partial charge is 0.497 e. The fraction of sp³-hybridized carbons (Fsp3) is 0.667. The first-order valence-electron chi connectivity index (χ1n) is 13.0. The molecule has 3 aliphatic rings. The highest BCUT2D eigenvalue weighted by Gasteiger charge is 2.78. The van der Waals surface area contributed by atoms with E-state index in [-0.39, 0.29) is 30.2 Å². The van der Waals surface area contributed by atoms with Crippen molar-refractivity contribution in [3.8, 4) is 5.75 Å². The normalized spacial score (nSPS) is 31.5. The number of aliphatic hydroxyl groups excluding tert-OH is 1. The van der Waals surface area contributed by atoms with E-state index in [1.807, 2.05) is 27.7 Å². The number of methoxy groups -OCH3 is 1. The first-order chi connectivity index (χ1) is 17.1. The number of nitrogens with one attached hydrogen (secondary N) is 2. The van der Waals surface area contributed by atoms with E-state index in [1.54, 1.807) is 31.4 Å². The maximum atomic E-state index is 14.1. The van der Waals surface area contributed by atoms with Crippen molar-refractivity contribution < 1.29 is 29.0 Å². The lowest BCUT2D eigenvalue weighted by molar-refractivity contribution is -0.148. The summed E-state index contributed by atoms with van der Waals surface area (Å²) in [5.74, 6) is -1.49. The monoisotopic (exact) mass is 501 g/mol. The Kier molecular flexibility index (Phi) is 7.35. The molecule has 1 aromatic rings. The van der Waals surface area contributed by atoms with Crippen LogP contribution >= 0.6 is 0 Å². The summed E-state index contributed by atoms with van der Waals surface area (Å²) < 4.78 is 11.8. The molecule has 0 aliphatic carbocycles. The van der Waals surface area contributed by atoms with E-state index in [9.17, 15) is 19.5 Å². The van der Waals surface area contributed by atoms with Crippen LogP contribution in [-0.2, 0) is 19.1 Å². The lowest BCUT2D eigenvalue weighted by atomic mass is 9.66. The van der Waals surface area contributed by atoms with Gasteiger partial charge in [0, 0.05) is 12.2 Å². The van der Waals surface area contributed by atoms with Crippen LogP contribution < -0.4 is 15.4 Å². The molecular weight excluding hydrogens is 462 g/mol. The maximum Gasteiger partial charge on any atom is 0.250 e. The van der Waals surface area contributed by atoms with Crippen LogP contribution in [0.15, 0.2) is 24.3 Å². The number of benzene rings is 1. The van der Waals surface area contributed by atoms with Gasteiger partial charge in [0.25, 0.3) is 0 Å². The zero-order valence-corrected chi connectivity index (χ0v) is 21.9. The van der Waals surface area contributed by atoms with Gasteiger partial charge in [-0.3, -0.25) is 14.4 Å². The number of hydrogen-bond donors (Lipinski definition) is 3. The minimum absolute atomic E-state index is 0.191. The number of nitrogens with zero attached hydrogens (tertiary/aromatic N) is 1. The van der Waals surface area contributed by atoms with Gasteiger partial charge in [0.05, 0.1) is 37.2 Å². The van der Waals surface area contributed by atoms with Crippen molar-refractivity contribution in [1.82, 2.24) is 10.2 Å². The van der Waals surface area contributed by atoms with Crippen molar-refractivity contribution >= 4 is 23.4 Å². The predicted molar refractivity (Wildman–Crippen MR) is 134 cm³/mol. The van der Waals surface area contributed by atoms with Gasteiger partial charge >= 0.3 is 0 Å². The van der Waals surface area contributed by atoms with E-state index < -0.39 is 35.1 Å². The van der Waals surface area contributed by atoms with E-state index in [2.05, 4.69) is 10.6 Å². The molecule has 0 radical (unpaired) electrons. The van der Waals surface area contributed by atoms with Crippen LogP contribution in [0.1, 0.15) is 53.4 Å². The molecule has 1 aromatic carbocycles. The van der Waals surface area contributed by atoms with Crippen molar-refractivity contribution in [2.75, 3.05) is 25.6 Å². The molecule has 198 valence electrons. The Labute approximate surface area is 212 Å². The van der Waals surface area contributed by atoms with Gasteiger partial charge in [-0.15, -0.1) is 0 Å². The van der Waals surface area contributed by atoms with Crippen LogP contribution in [0.4, 0.5) is 5.69 Å². The summed E-state index contributed by atoms with van der Waals surface area (Å²) >= 11 is 0. The van der Waals surface area contributed by atoms with E-state index in [0.29, 0.717) is 37.2 Å². The summed E-state index contributed by atoms with van der Waals surface area (Å²) in [6, 6.07) is 5.45. The van der Waals surface area contributed by atoms with Crippen molar-refractivity contribution in [3.63, 3.8) is 0 Å². The van der Waals surface area contributed by atoms with Crippen LogP contribution in [0.2, 0.25) is 0 Å². The molecule has 36 heavy (non-hydrogen) atoms. The second kappa shape index (κ2) is 10.0. The summed E-state index contributed by atoms with van der Waals surface area (Å²) in [6.45, 7) is 8.11. The summed E-state index contributed by atoms with van der Waals surface area (Å²) in [4.78, 5) is 42.8. The van der Waals surface area contributed by atoms with Gasteiger partial charge in [0.15, 0.2) is 0 Å². The van der Waals surface area contributed by atoms with Gasteiger partial charge in [-0.1, -0.05) is 20.8 Å². The molecule has 9 nitrogen and oxygen atoms in total. The van der Waals surface area contributed by atoms with Gasteiger partial charge in [-0.25, -0.2) is 0 Å². The number of fused-ring (bicyclic) bond motifs is 1. The number of aliphatic hydroxyl groups is 1. The summed E-state index contributed by atoms with van der Waals surface area (Å²) in [7, 11) is 1.57. The third kappa shape index (κ3) is 4.26. The number of hydrogen-bond acceptors (Lipinski definition) is 6. The molecule has 3 aliphatic heterocycles. The summed E-state index contributed by atoms with van der Waals surface area (Å²) in [6.07, 6.45) is 2.38. The first kappa shape index (κ1) is 26.4. The smallest absolute Gasteiger partial charge is 0.250 e. The highest BCUT2D eigenvalue weighted by atomic mass is 16.5. The van der Waals surface area contributed by atoms with Crippen molar-refractivity contribution in [2.45, 2.75) is 76.7 Å². The summed E-state index contributed by atoms with van der Waals surface area (Å²) in [5, 5.41) is 16.2. The quantitative estimate of drug-likeness (QED) is 0.453. The standard InChI is InChI=1S/C27H39N3O6/c1-6-13-28-23(32)20-21-25(34)30(18(15-31)14-16(2)3)22(27(21)12-11-26(20,4)36-27)24(33)29-17-7-9-19(35-5)10-8-17/h7-10,16,18,20-22,31H,6,11-15H2,1-5H3,(H,28,32)(H,29,33)/t18-,20-,21+,22?,26+,27?/m1/s1. The Morgan fingerprint density at radius 3 is 2.50 bits per heavy atom. The Hall–Kier alpha value is -2.65. The molecule has 3 amide bonds. The van der Waals surface area contributed by atoms with E-state index in [1.165, 1.54) is 4.90 Å². The molecule has 2 unspecified atom stereocenters. The second-order valence-corrected chi connectivity index (χ2v) is 10.9. The van der Waals surface area contributed by atoms with E-state index in [4.69, 9.17) is 9.47 Å². The minimum Gasteiger partial charge on any atom is -0.497 e. The average Bonchev–Trinajstić information content (AvgIpc) is 3.42. The Morgan fingerprint density at radius 2 is 1.92 bits per heavy atom. The molecule has 6 atom stereocenters. The molecule has 3 N–H and O–H groups in total. The molecule has 2 bridgehead atoms. The lowest BCUT2D eigenvalue weighted by Crippen LogP contribution is -2.56. The minimum atomic E-state index is -1.12. The molecular formula is C27H39N3O6. The van der Waals surface area contributed by atoms with Crippen LogP contribution in [0, 0.1) is 17.8 Å². The Balaban J connectivity index is 1.74. The molecule has 0 aromatic heterocycles. The molecule has 3 heterocycles. The average molecular weight is 502 g/mol. The fourth-order valence-corrected chi connectivity index (χ4v) is 6.52. The molecule has 3 fully saturated rings. The summed E-state index contributed by atoms with van der Waals surface area (Å²) in [5.41, 5.74) is -1.38. The van der Waals surface area contributed by atoms with Crippen LogP contribution in [0.5, 0.6) is 5.75 Å². The number of carbonyl (C=O) groups excluding carboxylic acids is 3. The van der Waals surface area contributed by atoms with Crippen molar-refractivity contribution in [2.24, 2.45) is 17.8 Å². The Bertz CT molecular complexity index is 998. The first-order valence-corrected chi connectivity index (χ1v) is 13.0. The number of likely N-dealkylation sites (tertiary alicyclic amines) is 1. The molecule has 4 rings (SSSR count). The zero-order chi connectivity index (χ0) is 26.3. The van der Waals surface area contributed by atoms with E-state index >= 15 is 0 Å². The van der Waals surface area contributed by atoms with Crippen molar-refractivity contribution in [1.29, 1.82) is 0 Å². The number of anilines is 1. The van der Waals surface area contributed by atoms with Gasteiger partial charge < -0.3 is 30.1 Å². The predicted octanol–water partition coefficient (Wildman–Crippen LogP) is 2.33. The Morgan fingerprint density at radius 1 is 1.22 bits per heavy atom. The van der Waals surface area contributed by atoms with E-state index in [0.717, 1.165) is 6.42 Å². The highest BCUT2D eigenvalue weighted by molar-refractivity contribution is 6.04. The molecule has 3 saturated heterocycles. The number of ether oxygens (including phenoxy) is 2. The lowest BCUT2D eigenvalue weighted by Gasteiger charge is -2.37. The van der Waals surface area contributed by atoms with Crippen LogP contribution in [-0.4, -0.2) is 71.3 Å². The van der Waals surface area contributed by atoms with Crippen molar-refractivity contribution in [3.05, 3.63) is 24.3 Å². The number of amides is 3. The fourth-order valence-electron chi connectivity index (χ4n) is 6.52. The second-order valence-electron chi connectivity index (χ2n) is 10.9. The van der Waals surface area contributed by atoms with Gasteiger partial charge in [-0.05, 0) is 62.8 Å². The number of rotatable bonds is 10. The molecule has 1 spiro atoms. The van der Waals surface area contributed by atoms with Crippen LogP contribution in [0.25, 0.3) is 0 Å². The maximum absolute atomic E-state index is 14.1. The van der Waals surface area contributed by atoms with Gasteiger partial charge in [0.2, 0.25) is 17.7 Å². The third-order valence-corrected chi connectivity index (χ3v) is 8.00. The SMILES string of the molecule is CCCNC(=O)[C@H]1[C@H]2C(=O)N([C@@H](CO)CC(C)C)C(C(=O)Nc3ccc(OC)cc3)C23CC[C@]1(C)O3. The van der Waals surface area contributed by atoms with Gasteiger partial charge in [0.1, 0.15) is 17.4 Å². The molecule has 0 saturated carbocycles. The molecule has 9 heteroatoms. The van der Waals surface area contributed by atoms with Gasteiger partial charge in [-0.2, -0.15) is 0 Å². The van der Waals surface area contributed by atoms with Crippen LogP contribution in [0.3, 0.4) is 0 Å². The highest BCUT2D eigenvalue weighted by Crippen LogP contribution is 2.63. The zero-order valence-electron chi connectivity index (χ0n) is 21.9. The third-order valence-electron chi connectivity index (χ3n) is 8.00. The topological polar surface area (TPSA) is 117 Å². The number of carbonyl (C=O) groups is 3.